The van der Waals surface area contributed by atoms with Crippen molar-refractivity contribution in [2.24, 2.45) is 11.5 Å². The lowest BCUT2D eigenvalue weighted by atomic mass is 10.0. The van der Waals surface area contributed by atoms with Gasteiger partial charge in [-0.3, -0.25) is 0 Å². The molecule has 3 aromatic rings. The highest BCUT2D eigenvalue weighted by Crippen LogP contribution is 2.37. The van der Waals surface area contributed by atoms with Crippen molar-refractivity contribution in [3.8, 4) is 0 Å². The summed E-state index contributed by atoms with van der Waals surface area (Å²) < 4.78 is 21.2. The van der Waals surface area contributed by atoms with Crippen molar-refractivity contribution in [1.82, 2.24) is 24.9 Å². The Balaban J connectivity index is 0.00000336. The quantitative estimate of drug-likeness (QED) is 0.283. The number of ether oxygens (including phenoxy) is 1. The number of alkyl carbamates (subject to hydrolysis) is 1. The van der Waals surface area contributed by atoms with E-state index in [0.717, 1.165) is 24.1 Å². The van der Waals surface area contributed by atoms with Crippen molar-refractivity contribution < 1.29 is 13.9 Å². The molecule has 1 aliphatic heterocycles. The number of anilines is 4. The van der Waals surface area contributed by atoms with Gasteiger partial charge in [-0.1, -0.05) is 19.0 Å². The van der Waals surface area contributed by atoms with Gasteiger partial charge in [0.1, 0.15) is 6.17 Å². The van der Waals surface area contributed by atoms with Crippen molar-refractivity contribution in [1.29, 1.82) is 0 Å². The number of methoxy groups -OCH3 is 1. The second kappa shape index (κ2) is 11.5. The SMILES string of the molecule is C.COC(=O)N[C@@H]1CCN(c2cc(CN)cc(Nc3nc(NC4CC4)c4ncc(CN)n4n3)c2Cl)C[C@@H]1F. The molecule has 3 heterocycles. The fourth-order valence-corrected chi connectivity index (χ4v) is 4.64. The van der Waals surface area contributed by atoms with Crippen LogP contribution in [0.2, 0.25) is 5.02 Å². The van der Waals surface area contributed by atoms with E-state index in [2.05, 4.69) is 35.8 Å². The monoisotopic (exact) mass is 548 g/mol. The first-order chi connectivity index (χ1) is 17.9. The van der Waals surface area contributed by atoms with Crippen LogP contribution in [-0.2, 0) is 17.8 Å². The van der Waals surface area contributed by atoms with Gasteiger partial charge in [0.15, 0.2) is 11.5 Å². The molecule has 1 aliphatic carbocycles. The third kappa shape index (κ3) is 5.69. The number of alkyl halides is 1. The standard InChI is InChI=1S/C23H30ClFN10O2.CH4/c1-37-23(36)31-16-4-5-34(11-15(16)25)18-7-12(8-26)6-17(19(18)24)30-22-32-20(29-13-2-3-13)21-28-10-14(9-27)35(21)33-22;/h6-7,10,13,15-16H,2-5,8-9,11,26-27H2,1H3,(H,31,36)(H2,29,30,32,33);1H4/t15-,16+;/m0./s1. The molecule has 2 atom stereocenters. The molecule has 0 spiro atoms. The zero-order chi connectivity index (χ0) is 26.1. The molecule has 2 fully saturated rings. The maximum absolute atomic E-state index is 14.9. The fourth-order valence-electron chi connectivity index (χ4n) is 4.36. The first-order valence-electron chi connectivity index (χ1n) is 12.1. The Kier molecular flexibility index (Phi) is 8.38. The molecule has 12 nitrogen and oxygen atoms in total. The topological polar surface area (TPSA) is 161 Å². The number of nitrogens with one attached hydrogen (secondary N) is 3. The lowest BCUT2D eigenvalue weighted by Gasteiger charge is -2.37. The van der Waals surface area contributed by atoms with Gasteiger partial charge < -0.3 is 37.1 Å². The van der Waals surface area contributed by atoms with Crippen molar-refractivity contribution >= 4 is 46.5 Å². The van der Waals surface area contributed by atoms with Crippen molar-refractivity contribution in [3.05, 3.63) is 34.6 Å². The van der Waals surface area contributed by atoms with Gasteiger partial charge in [-0.05, 0) is 37.0 Å². The van der Waals surface area contributed by atoms with Crippen LogP contribution in [0.1, 0.15) is 37.9 Å². The van der Waals surface area contributed by atoms with E-state index in [9.17, 15) is 9.18 Å². The molecule has 1 saturated heterocycles. The number of halogens is 2. The second-order valence-corrected chi connectivity index (χ2v) is 9.57. The molecule has 1 aromatic carbocycles. The number of imidazole rings is 1. The fraction of sp³-hybridized carbons (Fsp3) is 0.500. The predicted molar refractivity (Wildman–Crippen MR) is 146 cm³/mol. The van der Waals surface area contributed by atoms with Crippen LogP contribution < -0.4 is 32.3 Å². The highest BCUT2D eigenvalue weighted by atomic mass is 35.5. The van der Waals surface area contributed by atoms with E-state index in [0.29, 0.717) is 52.8 Å². The van der Waals surface area contributed by atoms with E-state index in [1.807, 2.05) is 17.0 Å². The summed E-state index contributed by atoms with van der Waals surface area (Å²) in [4.78, 5) is 22.5. The molecule has 5 rings (SSSR count). The van der Waals surface area contributed by atoms with Crippen LogP contribution in [0.4, 0.5) is 32.3 Å². The summed E-state index contributed by atoms with van der Waals surface area (Å²) in [6, 6.07) is 3.39. The predicted octanol–water partition coefficient (Wildman–Crippen LogP) is 2.92. The Morgan fingerprint density at radius 2 is 2.05 bits per heavy atom. The molecule has 2 aliphatic rings. The minimum absolute atomic E-state index is 0. The number of hydrogen-bond acceptors (Lipinski definition) is 10. The summed E-state index contributed by atoms with van der Waals surface area (Å²) in [6.45, 7) is 1.05. The summed E-state index contributed by atoms with van der Waals surface area (Å²) in [5.41, 5.74) is 15.2. The van der Waals surface area contributed by atoms with Gasteiger partial charge in [-0.2, -0.15) is 4.98 Å². The van der Waals surface area contributed by atoms with Crippen LogP contribution in [0.3, 0.4) is 0 Å². The zero-order valence-electron chi connectivity index (χ0n) is 20.4. The number of carbonyl (C=O) groups excluding carboxylic acids is 1. The molecule has 14 heteroatoms. The third-order valence-electron chi connectivity index (χ3n) is 6.53. The Morgan fingerprint density at radius 1 is 1.26 bits per heavy atom. The number of carbonyl (C=O) groups is 1. The van der Waals surface area contributed by atoms with Gasteiger partial charge in [0.05, 0.1) is 48.0 Å². The summed E-state index contributed by atoms with van der Waals surface area (Å²) in [5.74, 6) is 0.904. The Labute approximate surface area is 225 Å². The number of aromatic nitrogens is 4. The molecule has 2 aromatic heterocycles. The maximum Gasteiger partial charge on any atom is 0.407 e. The average Bonchev–Trinajstić information content (AvgIpc) is 3.62. The Bertz CT molecular complexity index is 1300. The minimum Gasteiger partial charge on any atom is -0.453 e. The second-order valence-electron chi connectivity index (χ2n) is 9.19. The van der Waals surface area contributed by atoms with Gasteiger partial charge in [0, 0.05) is 25.7 Å². The molecule has 1 amide bonds. The first kappa shape index (κ1) is 27.6. The molecule has 7 N–H and O–H groups in total. The van der Waals surface area contributed by atoms with Gasteiger partial charge in [0.25, 0.3) is 0 Å². The van der Waals surface area contributed by atoms with Crippen LogP contribution >= 0.6 is 11.6 Å². The van der Waals surface area contributed by atoms with Crippen LogP contribution in [0.25, 0.3) is 5.65 Å². The molecule has 38 heavy (non-hydrogen) atoms. The highest BCUT2D eigenvalue weighted by molar-refractivity contribution is 6.36. The maximum atomic E-state index is 14.9. The van der Waals surface area contributed by atoms with Gasteiger partial charge >= 0.3 is 6.09 Å². The molecule has 1 saturated carbocycles. The normalized spacial score (nSPS) is 19.1. The summed E-state index contributed by atoms with van der Waals surface area (Å²) in [6.07, 6.45) is 2.24. The number of piperidine rings is 1. The largest absolute Gasteiger partial charge is 0.453 e. The summed E-state index contributed by atoms with van der Waals surface area (Å²) >= 11 is 6.83. The first-order valence-corrected chi connectivity index (χ1v) is 12.5. The van der Waals surface area contributed by atoms with E-state index in [1.54, 1.807) is 10.7 Å². The molecule has 0 radical (unpaired) electrons. The summed E-state index contributed by atoms with van der Waals surface area (Å²) in [7, 11) is 1.25. The molecule has 0 bridgehead atoms. The third-order valence-corrected chi connectivity index (χ3v) is 6.92. The van der Waals surface area contributed by atoms with Crippen LogP contribution in [0, 0.1) is 0 Å². The van der Waals surface area contributed by atoms with Gasteiger partial charge in [-0.15, -0.1) is 5.10 Å². The highest BCUT2D eigenvalue weighted by Gasteiger charge is 2.32. The van der Waals surface area contributed by atoms with Gasteiger partial charge in [-0.25, -0.2) is 18.7 Å². The number of nitrogens with zero attached hydrogens (tertiary/aromatic N) is 5. The number of hydrogen-bond donors (Lipinski definition) is 5. The number of amides is 1. The van der Waals surface area contributed by atoms with Crippen LogP contribution in [-0.4, -0.2) is 64.1 Å². The van der Waals surface area contributed by atoms with E-state index >= 15 is 0 Å². The molecular formula is C24H34ClFN10O2. The smallest absolute Gasteiger partial charge is 0.407 e. The van der Waals surface area contributed by atoms with Crippen molar-refractivity contribution in [2.75, 3.05) is 35.7 Å². The number of nitrogens with two attached hydrogens (primary N) is 2. The Morgan fingerprint density at radius 3 is 2.71 bits per heavy atom. The van der Waals surface area contributed by atoms with Crippen molar-refractivity contribution in [2.45, 2.75) is 58.0 Å². The lowest BCUT2D eigenvalue weighted by Crippen LogP contribution is -2.52. The van der Waals surface area contributed by atoms with Crippen molar-refractivity contribution in [3.63, 3.8) is 0 Å². The average molecular weight is 549 g/mol. The zero-order valence-corrected chi connectivity index (χ0v) is 21.1. The van der Waals surface area contributed by atoms with E-state index in [-0.39, 0.29) is 27.1 Å². The van der Waals surface area contributed by atoms with Crippen LogP contribution in [0.15, 0.2) is 18.3 Å². The number of rotatable bonds is 8. The lowest BCUT2D eigenvalue weighted by molar-refractivity contribution is 0.150. The van der Waals surface area contributed by atoms with E-state index < -0.39 is 18.3 Å². The van der Waals surface area contributed by atoms with Gasteiger partial charge in [0.2, 0.25) is 5.95 Å². The minimum atomic E-state index is -1.31. The number of benzene rings is 1. The van der Waals surface area contributed by atoms with E-state index in [1.165, 1.54) is 7.11 Å². The molecule has 206 valence electrons. The van der Waals surface area contributed by atoms with Crippen LogP contribution in [0.5, 0.6) is 0 Å². The van der Waals surface area contributed by atoms with E-state index in [4.69, 9.17) is 23.1 Å². The molecular weight excluding hydrogens is 515 g/mol. The Hall–Kier alpha value is -3.42. The number of fused-ring (bicyclic) bond motifs is 1. The molecule has 0 unspecified atom stereocenters. The summed E-state index contributed by atoms with van der Waals surface area (Å²) in [5, 5.41) is 14.1.